The number of ether oxygens (including phenoxy) is 2. The molecule has 0 amide bonds. The fourth-order valence-corrected chi connectivity index (χ4v) is 1.76. The first-order valence-corrected chi connectivity index (χ1v) is 6.73. The molecule has 7 nitrogen and oxygen atoms in total. The quantitative estimate of drug-likeness (QED) is 0.339. The molecular weight excluding hydrogens is 274 g/mol. The van der Waals surface area contributed by atoms with E-state index in [0.717, 1.165) is 13.0 Å². The molecule has 1 heterocycles. The number of methoxy groups -OCH3 is 2. The summed E-state index contributed by atoms with van der Waals surface area (Å²) in [5.41, 5.74) is 0.442. The molecule has 1 rings (SSSR count). The molecule has 0 bridgehead atoms. The molecule has 21 heavy (non-hydrogen) atoms. The fraction of sp³-hybridized carbons (Fsp3) is 0.571. The van der Waals surface area contributed by atoms with Crippen molar-refractivity contribution in [2.75, 3.05) is 34.4 Å². The van der Waals surface area contributed by atoms with Gasteiger partial charge in [0.15, 0.2) is 5.96 Å². The van der Waals surface area contributed by atoms with Gasteiger partial charge in [-0.25, -0.2) is 4.79 Å². The van der Waals surface area contributed by atoms with Gasteiger partial charge >= 0.3 is 5.97 Å². The molecule has 0 aliphatic carbocycles. The van der Waals surface area contributed by atoms with E-state index in [0.29, 0.717) is 36.2 Å². The Balaban J connectivity index is 2.48. The van der Waals surface area contributed by atoms with Crippen LogP contribution in [0, 0.1) is 6.92 Å². The Morgan fingerprint density at radius 1 is 1.38 bits per heavy atom. The van der Waals surface area contributed by atoms with E-state index in [9.17, 15) is 4.79 Å². The molecule has 118 valence electrons. The minimum Gasteiger partial charge on any atom is -0.465 e. The molecule has 0 spiro atoms. The molecular formula is C14H23N3O4. The van der Waals surface area contributed by atoms with E-state index in [4.69, 9.17) is 9.15 Å². The average molecular weight is 297 g/mol. The lowest BCUT2D eigenvalue weighted by Gasteiger charge is -2.10. The molecule has 0 saturated heterocycles. The summed E-state index contributed by atoms with van der Waals surface area (Å²) in [4.78, 5) is 15.6. The van der Waals surface area contributed by atoms with Crippen LogP contribution in [0.5, 0.6) is 0 Å². The summed E-state index contributed by atoms with van der Waals surface area (Å²) < 4.78 is 15.2. The summed E-state index contributed by atoms with van der Waals surface area (Å²) in [6, 6.07) is 1.67. The van der Waals surface area contributed by atoms with E-state index in [1.165, 1.54) is 7.11 Å². The van der Waals surface area contributed by atoms with Crippen molar-refractivity contribution in [3.05, 3.63) is 23.2 Å². The summed E-state index contributed by atoms with van der Waals surface area (Å²) in [5.74, 6) is 1.46. The maximum Gasteiger partial charge on any atom is 0.341 e. The highest BCUT2D eigenvalue weighted by atomic mass is 16.5. The Morgan fingerprint density at radius 2 is 2.14 bits per heavy atom. The number of aliphatic imine (C=N–C) groups is 1. The van der Waals surface area contributed by atoms with Gasteiger partial charge in [0.25, 0.3) is 0 Å². The first-order chi connectivity index (χ1) is 10.1. The number of hydrogen-bond donors (Lipinski definition) is 2. The first-order valence-electron chi connectivity index (χ1n) is 6.73. The molecule has 0 atom stereocenters. The zero-order valence-corrected chi connectivity index (χ0v) is 13.0. The monoisotopic (exact) mass is 297 g/mol. The van der Waals surface area contributed by atoms with Crippen molar-refractivity contribution >= 4 is 11.9 Å². The van der Waals surface area contributed by atoms with Crippen LogP contribution in [0.25, 0.3) is 0 Å². The lowest BCUT2D eigenvalue weighted by atomic mass is 10.2. The average Bonchev–Trinajstić information content (AvgIpc) is 2.86. The van der Waals surface area contributed by atoms with E-state index in [1.54, 1.807) is 27.1 Å². The van der Waals surface area contributed by atoms with E-state index in [2.05, 4.69) is 20.4 Å². The topological polar surface area (TPSA) is 85.1 Å². The van der Waals surface area contributed by atoms with Crippen LogP contribution in [0.1, 0.15) is 28.3 Å². The number of nitrogens with zero attached hydrogens (tertiary/aromatic N) is 1. The molecule has 0 saturated carbocycles. The second-order valence-electron chi connectivity index (χ2n) is 4.37. The van der Waals surface area contributed by atoms with Gasteiger partial charge in [0.05, 0.1) is 13.7 Å². The molecule has 0 unspecified atom stereocenters. The number of hydrogen-bond acceptors (Lipinski definition) is 5. The van der Waals surface area contributed by atoms with Crippen LogP contribution < -0.4 is 10.6 Å². The van der Waals surface area contributed by atoms with Gasteiger partial charge in [-0.1, -0.05) is 0 Å². The van der Waals surface area contributed by atoms with E-state index in [-0.39, 0.29) is 0 Å². The van der Waals surface area contributed by atoms with Gasteiger partial charge < -0.3 is 24.5 Å². The number of carbonyl (C=O) groups excluding carboxylic acids is 1. The van der Waals surface area contributed by atoms with Crippen molar-refractivity contribution in [3.8, 4) is 0 Å². The van der Waals surface area contributed by atoms with Crippen LogP contribution >= 0.6 is 0 Å². The summed E-state index contributed by atoms with van der Waals surface area (Å²) >= 11 is 0. The number of esters is 1. The summed E-state index contributed by atoms with van der Waals surface area (Å²) in [7, 11) is 4.71. The van der Waals surface area contributed by atoms with Crippen molar-refractivity contribution in [1.82, 2.24) is 10.6 Å². The van der Waals surface area contributed by atoms with Crippen molar-refractivity contribution in [1.29, 1.82) is 0 Å². The normalized spacial score (nSPS) is 11.3. The minimum absolute atomic E-state index is 0.399. The van der Waals surface area contributed by atoms with E-state index >= 15 is 0 Å². The molecule has 7 heteroatoms. The predicted molar refractivity (Wildman–Crippen MR) is 79.5 cm³/mol. The number of carbonyl (C=O) groups is 1. The van der Waals surface area contributed by atoms with Crippen LogP contribution in [-0.4, -0.2) is 46.3 Å². The maximum atomic E-state index is 11.5. The summed E-state index contributed by atoms with van der Waals surface area (Å²) in [6.07, 6.45) is 0.892. The molecule has 2 N–H and O–H groups in total. The van der Waals surface area contributed by atoms with E-state index < -0.39 is 5.97 Å². The summed E-state index contributed by atoms with van der Waals surface area (Å²) in [5, 5.41) is 6.27. The highest BCUT2D eigenvalue weighted by Crippen LogP contribution is 2.15. The summed E-state index contributed by atoms with van der Waals surface area (Å²) in [6.45, 7) is 3.62. The lowest BCUT2D eigenvalue weighted by Crippen LogP contribution is -2.37. The van der Waals surface area contributed by atoms with Crippen molar-refractivity contribution in [2.24, 2.45) is 4.99 Å². The SMILES string of the molecule is CN=C(NCCCOC)NCc1cc(C(=O)OC)c(C)o1. The Morgan fingerprint density at radius 3 is 2.76 bits per heavy atom. The Labute approximate surface area is 124 Å². The van der Waals surface area contributed by atoms with Crippen LogP contribution in [0.3, 0.4) is 0 Å². The van der Waals surface area contributed by atoms with Crippen LogP contribution in [0.2, 0.25) is 0 Å². The standard InChI is InChI=1S/C14H23N3O4/c1-10-12(13(18)20-4)8-11(21-10)9-17-14(15-2)16-6-5-7-19-3/h8H,5-7,9H2,1-4H3,(H2,15,16,17). The Hall–Kier alpha value is -2.02. The number of furan rings is 1. The number of rotatable bonds is 7. The predicted octanol–water partition coefficient (Wildman–Crippen LogP) is 1.08. The third kappa shape index (κ3) is 5.47. The van der Waals surface area contributed by atoms with Crippen molar-refractivity contribution in [3.63, 3.8) is 0 Å². The Bertz CT molecular complexity index is 483. The molecule has 1 aromatic heterocycles. The zero-order valence-electron chi connectivity index (χ0n) is 13.0. The van der Waals surface area contributed by atoms with Crippen molar-refractivity contribution in [2.45, 2.75) is 19.9 Å². The molecule has 0 aliphatic heterocycles. The molecule has 0 fully saturated rings. The molecule has 0 aromatic carbocycles. The number of nitrogens with one attached hydrogen (secondary N) is 2. The highest BCUT2D eigenvalue weighted by Gasteiger charge is 2.15. The van der Waals surface area contributed by atoms with Crippen LogP contribution in [0.15, 0.2) is 15.5 Å². The molecule has 0 aliphatic rings. The first kappa shape index (κ1) is 17.0. The van der Waals surface area contributed by atoms with Gasteiger partial charge in [0.2, 0.25) is 0 Å². The molecule has 1 aromatic rings. The second-order valence-corrected chi connectivity index (χ2v) is 4.37. The Kier molecular flexibility index (Phi) is 7.31. The minimum atomic E-state index is -0.399. The second kappa shape index (κ2) is 9.02. The fourth-order valence-electron chi connectivity index (χ4n) is 1.76. The number of aryl methyl sites for hydroxylation is 1. The zero-order chi connectivity index (χ0) is 15.7. The van der Waals surface area contributed by atoms with Gasteiger partial charge in [-0.2, -0.15) is 0 Å². The number of guanidine groups is 1. The van der Waals surface area contributed by atoms with E-state index in [1.807, 2.05) is 0 Å². The molecule has 0 radical (unpaired) electrons. The third-order valence-corrected chi connectivity index (χ3v) is 2.85. The largest absolute Gasteiger partial charge is 0.465 e. The van der Waals surface area contributed by atoms with Gasteiger partial charge in [0.1, 0.15) is 17.1 Å². The third-order valence-electron chi connectivity index (χ3n) is 2.85. The van der Waals surface area contributed by atoms with Gasteiger partial charge in [0, 0.05) is 27.3 Å². The highest BCUT2D eigenvalue weighted by molar-refractivity contribution is 5.90. The van der Waals surface area contributed by atoms with Crippen LogP contribution in [-0.2, 0) is 16.0 Å². The van der Waals surface area contributed by atoms with Crippen molar-refractivity contribution < 1.29 is 18.7 Å². The smallest absolute Gasteiger partial charge is 0.341 e. The van der Waals surface area contributed by atoms with Gasteiger partial charge in [-0.05, 0) is 19.4 Å². The van der Waals surface area contributed by atoms with Gasteiger partial charge in [-0.3, -0.25) is 4.99 Å². The van der Waals surface area contributed by atoms with Crippen LogP contribution in [0.4, 0.5) is 0 Å². The lowest BCUT2D eigenvalue weighted by molar-refractivity contribution is 0.0599. The maximum absolute atomic E-state index is 11.5. The van der Waals surface area contributed by atoms with Gasteiger partial charge in [-0.15, -0.1) is 0 Å².